The molecule has 3 rings (SSSR count). The third-order valence-electron chi connectivity index (χ3n) is 4.31. The van der Waals surface area contributed by atoms with E-state index in [0.29, 0.717) is 30.1 Å². The minimum absolute atomic E-state index is 0.0525. The standard InChI is InChI=1S/C15H22N2O3S/c1-15(2,10-3-4-10)5-6-16-12(18)11-9-17-13(21-11)14-19-7-8-20-14/h9-10,14H,3-8H2,1-2H3,(H,16,18). The first-order chi connectivity index (χ1) is 10.1. The minimum Gasteiger partial charge on any atom is -0.351 e. The van der Waals surface area contributed by atoms with Crippen molar-refractivity contribution in [2.24, 2.45) is 11.3 Å². The largest absolute Gasteiger partial charge is 0.351 e. The summed E-state index contributed by atoms with van der Waals surface area (Å²) in [5.74, 6) is 0.782. The van der Waals surface area contributed by atoms with E-state index >= 15 is 0 Å². The van der Waals surface area contributed by atoms with Crippen LogP contribution in [0.4, 0.5) is 0 Å². The van der Waals surface area contributed by atoms with Gasteiger partial charge in [0, 0.05) is 6.54 Å². The molecule has 1 aromatic heterocycles. The van der Waals surface area contributed by atoms with Crippen molar-refractivity contribution in [3.8, 4) is 0 Å². The fourth-order valence-electron chi connectivity index (χ4n) is 2.66. The lowest BCUT2D eigenvalue weighted by atomic mass is 9.84. The number of aromatic nitrogens is 1. The van der Waals surface area contributed by atoms with Crippen LogP contribution in [0.5, 0.6) is 0 Å². The molecule has 1 N–H and O–H groups in total. The molecule has 1 saturated heterocycles. The Balaban J connectivity index is 1.48. The molecular weight excluding hydrogens is 288 g/mol. The maximum atomic E-state index is 12.1. The number of carbonyl (C=O) groups is 1. The van der Waals surface area contributed by atoms with Crippen LogP contribution in [0.25, 0.3) is 0 Å². The second kappa shape index (κ2) is 6.02. The van der Waals surface area contributed by atoms with E-state index in [9.17, 15) is 4.79 Å². The summed E-state index contributed by atoms with van der Waals surface area (Å²) in [7, 11) is 0. The molecule has 2 fully saturated rings. The van der Waals surface area contributed by atoms with E-state index in [0.717, 1.165) is 17.3 Å². The molecule has 0 unspecified atom stereocenters. The third-order valence-corrected chi connectivity index (χ3v) is 5.33. The van der Waals surface area contributed by atoms with Gasteiger partial charge in [0.1, 0.15) is 9.88 Å². The van der Waals surface area contributed by atoms with Crippen LogP contribution in [0.2, 0.25) is 0 Å². The second-order valence-electron chi connectivity index (χ2n) is 6.41. The monoisotopic (exact) mass is 310 g/mol. The Labute approximate surface area is 129 Å². The van der Waals surface area contributed by atoms with Gasteiger partial charge in [-0.1, -0.05) is 13.8 Å². The molecule has 0 radical (unpaired) electrons. The summed E-state index contributed by atoms with van der Waals surface area (Å²) in [4.78, 5) is 17.0. The predicted octanol–water partition coefficient (Wildman–Crippen LogP) is 2.74. The normalized spacial score (nSPS) is 19.9. The predicted molar refractivity (Wildman–Crippen MR) is 80.2 cm³/mol. The van der Waals surface area contributed by atoms with E-state index in [1.165, 1.54) is 24.2 Å². The highest BCUT2D eigenvalue weighted by Crippen LogP contribution is 2.46. The van der Waals surface area contributed by atoms with E-state index in [2.05, 4.69) is 24.1 Å². The van der Waals surface area contributed by atoms with Crippen LogP contribution in [-0.4, -0.2) is 30.6 Å². The highest BCUT2D eigenvalue weighted by atomic mass is 32.1. The molecule has 0 aromatic carbocycles. The number of thiazole rings is 1. The number of nitrogens with one attached hydrogen (secondary N) is 1. The summed E-state index contributed by atoms with van der Waals surface area (Å²) in [6.45, 7) is 6.46. The Bertz CT molecular complexity index is 505. The van der Waals surface area contributed by atoms with Crippen molar-refractivity contribution in [1.82, 2.24) is 10.3 Å². The van der Waals surface area contributed by atoms with Crippen molar-refractivity contribution in [3.05, 3.63) is 16.1 Å². The van der Waals surface area contributed by atoms with Gasteiger partial charge in [0.2, 0.25) is 6.29 Å². The second-order valence-corrected chi connectivity index (χ2v) is 7.47. The van der Waals surface area contributed by atoms with E-state index in [-0.39, 0.29) is 5.91 Å². The van der Waals surface area contributed by atoms with Gasteiger partial charge in [0.25, 0.3) is 5.91 Å². The van der Waals surface area contributed by atoms with Gasteiger partial charge < -0.3 is 14.8 Å². The van der Waals surface area contributed by atoms with Crippen LogP contribution in [0.1, 0.15) is 54.1 Å². The zero-order chi connectivity index (χ0) is 14.9. The maximum absolute atomic E-state index is 12.1. The first-order valence-electron chi connectivity index (χ1n) is 7.53. The van der Waals surface area contributed by atoms with E-state index in [1.54, 1.807) is 6.20 Å². The van der Waals surface area contributed by atoms with Crippen LogP contribution < -0.4 is 5.32 Å². The Kier molecular flexibility index (Phi) is 4.28. The van der Waals surface area contributed by atoms with Gasteiger partial charge in [-0.2, -0.15) is 0 Å². The summed E-state index contributed by atoms with van der Waals surface area (Å²) < 4.78 is 10.8. The van der Waals surface area contributed by atoms with E-state index in [1.807, 2.05) is 0 Å². The molecule has 2 heterocycles. The van der Waals surface area contributed by atoms with Gasteiger partial charge in [-0.3, -0.25) is 4.79 Å². The number of ether oxygens (including phenoxy) is 2. The fourth-order valence-corrected chi connectivity index (χ4v) is 3.49. The molecule has 5 nitrogen and oxygen atoms in total. The lowest BCUT2D eigenvalue weighted by Gasteiger charge is -2.24. The average Bonchev–Trinajstić information content (AvgIpc) is 2.99. The Morgan fingerprint density at radius 1 is 1.43 bits per heavy atom. The number of hydrogen-bond donors (Lipinski definition) is 1. The van der Waals surface area contributed by atoms with Gasteiger partial charge in [0.05, 0.1) is 19.4 Å². The molecule has 1 saturated carbocycles. The van der Waals surface area contributed by atoms with Gasteiger partial charge in [0.15, 0.2) is 0 Å². The Morgan fingerprint density at radius 3 is 2.81 bits per heavy atom. The van der Waals surface area contributed by atoms with Gasteiger partial charge >= 0.3 is 0 Å². The van der Waals surface area contributed by atoms with E-state index in [4.69, 9.17) is 9.47 Å². The van der Waals surface area contributed by atoms with Crippen molar-refractivity contribution in [2.75, 3.05) is 19.8 Å². The van der Waals surface area contributed by atoms with Crippen LogP contribution in [0.15, 0.2) is 6.20 Å². The molecule has 116 valence electrons. The van der Waals surface area contributed by atoms with Crippen molar-refractivity contribution >= 4 is 17.2 Å². The van der Waals surface area contributed by atoms with Gasteiger partial charge in [-0.05, 0) is 30.6 Å². The van der Waals surface area contributed by atoms with Crippen molar-refractivity contribution in [2.45, 2.75) is 39.4 Å². The third kappa shape index (κ3) is 3.62. The zero-order valence-corrected chi connectivity index (χ0v) is 13.4. The van der Waals surface area contributed by atoms with Gasteiger partial charge in [-0.15, -0.1) is 11.3 Å². The van der Waals surface area contributed by atoms with Gasteiger partial charge in [-0.25, -0.2) is 4.98 Å². The highest BCUT2D eigenvalue weighted by molar-refractivity contribution is 7.13. The Morgan fingerprint density at radius 2 is 2.14 bits per heavy atom. The number of amides is 1. The van der Waals surface area contributed by atoms with Crippen molar-refractivity contribution in [1.29, 1.82) is 0 Å². The SMILES string of the molecule is CC(C)(CCNC(=O)c1cnc(C2OCCO2)s1)C1CC1. The number of rotatable bonds is 6. The molecular formula is C15H22N2O3S. The highest BCUT2D eigenvalue weighted by Gasteiger charge is 2.37. The maximum Gasteiger partial charge on any atom is 0.263 e. The lowest BCUT2D eigenvalue weighted by molar-refractivity contribution is -0.0442. The molecule has 0 bridgehead atoms. The van der Waals surface area contributed by atoms with Crippen LogP contribution in [-0.2, 0) is 9.47 Å². The van der Waals surface area contributed by atoms with Crippen LogP contribution in [0, 0.1) is 11.3 Å². The van der Waals surface area contributed by atoms with Crippen LogP contribution >= 0.6 is 11.3 Å². The summed E-state index contributed by atoms with van der Waals surface area (Å²) >= 11 is 1.34. The first-order valence-corrected chi connectivity index (χ1v) is 8.35. The molecule has 2 aliphatic rings. The average molecular weight is 310 g/mol. The van der Waals surface area contributed by atoms with Crippen molar-refractivity contribution < 1.29 is 14.3 Å². The summed E-state index contributed by atoms with van der Waals surface area (Å²) in [5.41, 5.74) is 0.331. The lowest BCUT2D eigenvalue weighted by Crippen LogP contribution is -2.28. The molecule has 0 atom stereocenters. The quantitative estimate of drug-likeness (QED) is 0.877. The summed E-state index contributed by atoms with van der Waals surface area (Å²) in [6, 6.07) is 0. The number of nitrogens with zero attached hydrogens (tertiary/aromatic N) is 1. The zero-order valence-electron chi connectivity index (χ0n) is 12.6. The fraction of sp³-hybridized carbons (Fsp3) is 0.733. The van der Waals surface area contributed by atoms with E-state index < -0.39 is 6.29 Å². The minimum atomic E-state index is -0.398. The molecule has 6 heteroatoms. The number of carbonyl (C=O) groups excluding carboxylic acids is 1. The molecule has 0 spiro atoms. The molecule has 1 aliphatic heterocycles. The summed E-state index contributed by atoms with van der Waals surface area (Å²) in [5, 5.41) is 3.71. The number of hydrogen-bond acceptors (Lipinski definition) is 5. The van der Waals surface area contributed by atoms with Crippen molar-refractivity contribution in [3.63, 3.8) is 0 Å². The summed E-state index contributed by atoms with van der Waals surface area (Å²) in [6.07, 6.45) is 4.89. The smallest absolute Gasteiger partial charge is 0.263 e. The molecule has 1 aromatic rings. The van der Waals surface area contributed by atoms with Crippen LogP contribution in [0.3, 0.4) is 0 Å². The molecule has 1 amide bonds. The molecule has 1 aliphatic carbocycles. The Hall–Kier alpha value is -0.980. The first kappa shape index (κ1) is 14.9. The topological polar surface area (TPSA) is 60.5 Å². The molecule has 21 heavy (non-hydrogen) atoms.